The number of aliphatic carboxylic acids is 1. The molecule has 0 bridgehead atoms. The highest BCUT2D eigenvalue weighted by Crippen LogP contribution is 2.28. The lowest BCUT2D eigenvalue weighted by molar-refractivity contribution is -0.138. The van der Waals surface area contributed by atoms with E-state index in [0.29, 0.717) is 42.0 Å². The van der Waals surface area contributed by atoms with E-state index in [1.807, 2.05) is 37.3 Å². The molecule has 0 fully saturated rings. The fraction of sp³-hybridized carbons (Fsp3) is 0.250. The van der Waals surface area contributed by atoms with Crippen molar-refractivity contribution in [2.24, 2.45) is 0 Å². The van der Waals surface area contributed by atoms with Crippen molar-refractivity contribution < 1.29 is 19.4 Å². The Morgan fingerprint density at radius 1 is 1.19 bits per heavy atom. The number of carbonyl (C=O) groups is 2. The first-order chi connectivity index (χ1) is 15.4. The zero-order valence-corrected chi connectivity index (χ0v) is 17.6. The first kappa shape index (κ1) is 21.3. The lowest BCUT2D eigenvalue weighted by Crippen LogP contribution is -2.21. The summed E-state index contributed by atoms with van der Waals surface area (Å²) in [4.78, 5) is 40.3. The van der Waals surface area contributed by atoms with Gasteiger partial charge in [-0.3, -0.25) is 19.0 Å². The molecule has 4 rings (SSSR count). The van der Waals surface area contributed by atoms with Gasteiger partial charge in [0.2, 0.25) is 5.91 Å². The maximum Gasteiger partial charge on any atom is 0.303 e. The number of ether oxygens (including phenoxy) is 1. The highest BCUT2D eigenvalue weighted by atomic mass is 16.5. The summed E-state index contributed by atoms with van der Waals surface area (Å²) in [6, 6.07) is 12.6. The van der Waals surface area contributed by atoms with Crippen molar-refractivity contribution in [3.63, 3.8) is 0 Å². The van der Waals surface area contributed by atoms with Gasteiger partial charge in [-0.05, 0) is 60.9 Å². The molecule has 32 heavy (non-hydrogen) atoms. The van der Waals surface area contributed by atoms with E-state index in [1.54, 1.807) is 22.8 Å². The average molecular weight is 433 g/mol. The van der Waals surface area contributed by atoms with Crippen LogP contribution < -0.4 is 15.6 Å². The van der Waals surface area contributed by atoms with Crippen LogP contribution in [0.3, 0.4) is 0 Å². The van der Waals surface area contributed by atoms with E-state index >= 15 is 0 Å². The van der Waals surface area contributed by atoms with Crippen molar-refractivity contribution in [1.29, 1.82) is 0 Å². The second-order valence-electron chi connectivity index (χ2n) is 7.49. The summed E-state index contributed by atoms with van der Waals surface area (Å²) in [6.45, 7) is 3.11. The van der Waals surface area contributed by atoms with Crippen LogP contribution in [-0.4, -0.2) is 33.1 Å². The lowest BCUT2D eigenvalue weighted by atomic mass is 10.1. The van der Waals surface area contributed by atoms with Crippen LogP contribution >= 0.6 is 0 Å². The number of carboxylic acid groups (broad SMARTS) is 1. The fourth-order valence-electron chi connectivity index (χ4n) is 3.70. The molecule has 0 atom stereocenters. The molecule has 0 radical (unpaired) electrons. The number of hydrogen-bond acceptors (Lipinski definition) is 5. The minimum atomic E-state index is -1.03. The van der Waals surface area contributed by atoms with E-state index < -0.39 is 11.9 Å². The molecule has 0 aliphatic carbocycles. The topological polar surface area (TPSA) is 111 Å². The molecule has 0 saturated heterocycles. The second kappa shape index (κ2) is 9.05. The molecule has 0 saturated carbocycles. The Balaban J connectivity index is 1.64. The van der Waals surface area contributed by atoms with Crippen molar-refractivity contribution in [2.45, 2.75) is 32.7 Å². The van der Waals surface area contributed by atoms with Crippen LogP contribution in [0, 0.1) is 0 Å². The molecule has 1 aliphatic heterocycles. The zero-order chi connectivity index (χ0) is 22.7. The number of nitrogens with zero attached hydrogens (tertiary/aromatic N) is 2. The number of anilines is 1. The van der Waals surface area contributed by atoms with Gasteiger partial charge >= 0.3 is 5.97 Å². The predicted molar refractivity (Wildman–Crippen MR) is 122 cm³/mol. The van der Waals surface area contributed by atoms with Crippen molar-refractivity contribution >= 4 is 40.1 Å². The summed E-state index contributed by atoms with van der Waals surface area (Å²) in [5, 5.41) is 11.9. The summed E-state index contributed by atoms with van der Waals surface area (Å²) in [5.74, 6) is -0.0121. The molecular weight excluding hydrogens is 410 g/mol. The van der Waals surface area contributed by atoms with Gasteiger partial charge in [-0.2, -0.15) is 0 Å². The van der Waals surface area contributed by atoms with E-state index in [2.05, 4.69) is 5.32 Å². The molecule has 1 aliphatic rings. The minimum absolute atomic E-state index is 0.121. The Bertz CT molecular complexity index is 1280. The van der Waals surface area contributed by atoms with Gasteiger partial charge in [0.25, 0.3) is 5.56 Å². The van der Waals surface area contributed by atoms with Gasteiger partial charge in [-0.15, -0.1) is 0 Å². The van der Waals surface area contributed by atoms with E-state index in [-0.39, 0.29) is 18.4 Å². The van der Waals surface area contributed by atoms with Gasteiger partial charge in [0.05, 0.1) is 23.9 Å². The lowest BCUT2D eigenvalue weighted by Gasteiger charge is -2.09. The molecule has 1 aromatic heterocycles. The predicted octanol–water partition coefficient (Wildman–Crippen LogP) is 3.54. The van der Waals surface area contributed by atoms with Crippen LogP contribution in [0.5, 0.6) is 5.75 Å². The number of benzene rings is 2. The maximum absolute atomic E-state index is 13.0. The Kier molecular flexibility index (Phi) is 6.02. The van der Waals surface area contributed by atoms with E-state index in [0.717, 1.165) is 16.9 Å². The van der Waals surface area contributed by atoms with Gasteiger partial charge < -0.3 is 15.2 Å². The average Bonchev–Trinajstić information content (AvgIpc) is 3.16. The third-order valence-electron chi connectivity index (χ3n) is 5.23. The standard InChI is InChI=1S/C24H23N3O5/c1-2-32-18-6-3-15(4-7-18)13-16-11-12-27-23(16)26-20-14-17(5-8-19(20)24(27)31)25-21(28)9-10-22(29)30/h3-8,13-14H,2,9-12H2,1H3,(H,25,28)(H,29,30)/b16-13+. The summed E-state index contributed by atoms with van der Waals surface area (Å²) < 4.78 is 7.15. The Hall–Kier alpha value is -3.94. The molecule has 2 heterocycles. The molecule has 1 amide bonds. The monoisotopic (exact) mass is 433 g/mol. The molecule has 0 unspecified atom stereocenters. The molecule has 0 spiro atoms. The van der Waals surface area contributed by atoms with Crippen LogP contribution in [0.15, 0.2) is 47.3 Å². The zero-order valence-electron chi connectivity index (χ0n) is 17.6. The van der Waals surface area contributed by atoms with Crippen LogP contribution in [0.4, 0.5) is 5.69 Å². The fourth-order valence-corrected chi connectivity index (χ4v) is 3.70. The molecule has 8 nitrogen and oxygen atoms in total. The molecular formula is C24H23N3O5. The van der Waals surface area contributed by atoms with Crippen LogP contribution in [-0.2, 0) is 16.1 Å². The van der Waals surface area contributed by atoms with E-state index in [1.165, 1.54) is 0 Å². The van der Waals surface area contributed by atoms with Gasteiger partial charge in [-0.25, -0.2) is 4.98 Å². The van der Waals surface area contributed by atoms with Crippen LogP contribution in [0.1, 0.15) is 37.6 Å². The number of aromatic nitrogens is 2. The van der Waals surface area contributed by atoms with Crippen LogP contribution in [0.25, 0.3) is 22.6 Å². The Morgan fingerprint density at radius 2 is 1.97 bits per heavy atom. The smallest absolute Gasteiger partial charge is 0.303 e. The third-order valence-corrected chi connectivity index (χ3v) is 5.23. The number of amides is 1. The Labute approximate surface area is 184 Å². The number of rotatable bonds is 7. The van der Waals surface area contributed by atoms with Crippen molar-refractivity contribution in [3.05, 3.63) is 64.2 Å². The molecule has 164 valence electrons. The highest BCUT2D eigenvalue weighted by molar-refractivity contribution is 5.95. The highest BCUT2D eigenvalue weighted by Gasteiger charge is 2.21. The van der Waals surface area contributed by atoms with Gasteiger partial charge in [-0.1, -0.05) is 12.1 Å². The summed E-state index contributed by atoms with van der Waals surface area (Å²) in [5.41, 5.74) is 2.79. The van der Waals surface area contributed by atoms with E-state index in [4.69, 9.17) is 14.8 Å². The van der Waals surface area contributed by atoms with Gasteiger partial charge in [0.15, 0.2) is 0 Å². The first-order valence-corrected chi connectivity index (χ1v) is 10.4. The van der Waals surface area contributed by atoms with E-state index in [9.17, 15) is 14.4 Å². The maximum atomic E-state index is 13.0. The van der Waals surface area contributed by atoms with Crippen LogP contribution in [0.2, 0.25) is 0 Å². The quantitative estimate of drug-likeness (QED) is 0.590. The third kappa shape index (κ3) is 4.54. The number of allylic oxidation sites excluding steroid dienone is 1. The number of carbonyl (C=O) groups excluding carboxylic acids is 1. The Morgan fingerprint density at radius 3 is 2.69 bits per heavy atom. The van der Waals surface area contributed by atoms with Gasteiger partial charge in [0, 0.05) is 18.7 Å². The molecule has 8 heteroatoms. The molecule has 2 N–H and O–H groups in total. The number of nitrogens with one attached hydrogen (secondary N) is 1. The van der Waals surface area contributed by atoms with Gasteiger partial charge in [0.1, 0.15) is 11.6 Å². The summed E-state index contributed by atoms with van der Waals surface area (Å²) in [7, 11) is 0. The normalized spacial score (nSPS) is 13.8. The number of hydrogen-bond donors (Lipinski definition) is 2. The van der Waals surface area contributed by atoms with Crippen molar-refractivity contribution in [3.8, 4) is 5.75 Å². The van der Waals surface area contributed by atoms with Crippen molar-refractivity contribution in [1.82, 2.24) is 9.55 Å². The molecule has 3 aromatic rings. The largest absolute Gasteiger partial charge is 0.494 e. The summed E-state index contributed by atoms with van der Waals surface area (Å²) in [6.07, 6.45) is 2.35. The molecule has 2 aromatic carbocycles. The SMILES string of the molecule is CCOc1ccc(/C=C2\CCn3c2nc2cc(NC(=O)CCC(=O)O)ccc2c3=O)cc1. The second-order valence-corrected chi connectivity index (χ2v) is 7.49. The minimum Gasteiger partial charge on any atom is -0.494 e. The number of carboxylic acids is 1. The summed E-state index contributed by atoms with van der Waals surface area (Å²) >= 11 is 0. The van der Waals surface area contributed by atoms with Crippen molar-refractivity contribution in [2.75, 3.05) is 11.9 Å². The number of fused-ring (bicyclic) bond motifs is 2. The first-order valence-electron chi connectivity index (χ1n) is 10.4.